The van der Waals surface area contributed by atoms with Gasteiger partial charge in [0, 0.05) is 72.1 Å². The Labute approximate surface area is 395 Å². The SMILES string of the molecule is CCC.CCC.CCC(=O)NCCCCC(NC(=O)CC)C(C)=O.CCNC(=O)COCC(C)=O.CCOC(C)=O.CCOCC(C)=O.CCOCCC(C)=O.CCOCCCC(C)=O. The van der Waals surface area contributed by atoms with Gasteiger partial charge in [0.1, 0.15) is 31.4 Å². The number of ketones is 5. The zero-order chi connectivity index (χ0) is 52.3. The summed E-state index contributed by atoms with van der Waals surface area (Å²) in [7, 11) is 0. The molecule has 0 aliphatic rings. The largest absolute Gasteiger partial charge is 0.466 e. The molecule has 1 unspecified atom stereocenters. The highest BCUT2D eigenvalue weighted by Crippen LogP contribution is 2.02. The molecule has 0 rings (SSSR count). The number of hydrogen-bond acceptors (Lipinski definition) is 14. The number of likely N-dealkylation sites (N-methyl/N-ethyl adjacent to an activating group) is 1. The first kappa shape index (κ1) is 78.2. The van der Waals surface area contributed by atoms with Gasteiger partial charge in [-0.3, -0.25) is 38.4 Å². The van der Waals surface area contributed by atoms with E-state index in [9.17, 15) is 43.2 Å². The van der Waals surface area contributed by atoms with Crippen LogP contribution in [0.3, 0.4) is 0 Å². The van der Waals surface area contributed by atoms with Crippen LogP contribution in [-0.2, 0) is 66.8 Å². The van der Waals surface area contributed by atoms with Crippen molar-refractivity contribution in [2.24, 2.45) is 0 Å². The molecule has 1 atom stereocenters. The van der Waals surface area contributed by atoms with Crippen molar-refractivity contribution in [3.63, 3.8) is 0 Å². The van der Waals surface area contributed by atoms with Crippen LogP contribution in [0.2, 0.25) is 0 Å². The highest BCUT2D eigenvalue weighted by Gasteiger charge is 2.15. The number of rotatable bonds is 27. The lowest BCUT2D eigenvalue weighted by atomic mass is 10.1. The van der Waals surface area contributed by atoms with Gasteiger partial charge in [-0.1, -0.05) is 54.4 Å². The van der Waals surface area contributed by atoms with Crippen molar-refractivity contribution < 1.29 is 66.8 Å². The predicted molar refractivity (Wildman–Crippen MR) is 260 cm³/mol. The van der Waals surface area contributed by atoms with Gasteiger partial charge in [0.15, 0.2) is 17.3 Å². The first-order valence-corrected chi connectivity index (χ1v) is 23.3. The molecule has 65 heavy (non-hydrogen) atoms. The Hall–Kier alpha value is -3.93. The molecule has 17 nitrogen and oxygen atoms in total. The summed E-state index contributed by atoms with van der Waals surface area (Å²) in [6.45, 7) is 35.7. The summed E-state index contributed by atoms with van der Waals surface area (Å²) < 4.78 is 23.9. The molecular weight excluding hydrogens is 843 g/mol. The summed E-state index contributed by atoms with van der Waals surface area (Å²) >= 11 is 0. The third kappa shape index (κ3) is 109. The molecular formula is C48H97N3O14. The van der Waals surface area contributed by atoms with Crippen molar-refractivity contribution >= 4 is 52.6 Å². The quantitative estimate of drug-likeness (QED) is 0.0542. The smallest absolute Gasteiger partial charge is 0.302 e. The summed E-state index contributed by atoms with van der Waals surface area (Å²) in [5.74, 6) is -0.0307. The fraction of sp³-hybridized carbons (Fsp3) is 0.812. The van der Waals surface area contributed by atoms with E-state index in [4.69, 9.17) is 18.9 Å². The molecule has 17 heteroatoms. The number of unbranched alkanes of at least 4 members (excludes halogenated alkanes) is 1. The van der Waals surface area contributed by atoms with Crippen molar-refractivity contribution in [1.29, 1.82) is 0 Å². The van der Waals surface area contributed by atoms with Crippen LogP contribution in [0.5, 0.6) is 0 Å². The van der Waals surface area contributed by atoms with Crippen molar-refractivity contribution in [2.75, 3.05) is 72.6 Å². The number of carbonyl (C=O) groups excluding carboxylic acids is 9. The number of Topliss-reactive ketones (excluding diaryl/α,β-unsaturated/α-hetero) is 5. The highest BCUT2D eigenvalue weighted by molar-refractivity contribution is 5.87. The number of ether oxygens (including phenoxy) is 5. The molecule has 3 amide bonds. The number of hydrogen-bond donors (Lipinski definition) is 3. The van der Waals surface area contributed by atoms with E-state index in [-0.39, 0.29) is 78.5 Å². The second-order valence-corrected chi connectivity index (χ2v) is 13.8. The van der Waals surface area contributed by atoms with Crippen molar-refractivity contribution in [1.82, 2.24) is 16.0 Å². The van der Waals surface area contributed by atoms with Gasteiger partial charge in [-0.15, -0.1) is 0 Å². The maximum Gasteiger partial charge on any atom is 0.302 e. The van der Waals surface area contributed by atoms with E-state index in [0.29, 0.717) is 71.6 Å². The van der Waals surface area contributed by atoms with E-state index in [1.165, 1.54) is 40.5 Å². The molecule has 0 bridgehead atoms. The van der Waals surface area contributed by atoms with Gasteiger partial charge in [-0.2, -0.15) is 0 Å². The Kier molecular flexibility index (Phi) is 83.2. The van der Waals surface area contributed by atoms with Crippen LogP contribution in [0.25, 0.3) is 0 Å². The number of nitrogens with one attached hydrogen (secondary N) is 3. The van der Waals surface area contributed by atoms with Gasteiger partial charge in [0.2, 0.25) is 17.7 Å². The summed E-state index contributed by atoms with van der Waals surface area (Å²) in [6, 6.07) is -0.390. The van der Waals surface area contributed by atoms with Crippen LogP contribution in [0.4, 0.5) is 0 Å². The molecule has 0 aromatic rings. The van der Waals surface area contributed by atoms with Gasteiger partial charge in [0.25, 0.3) is 0 Å². The minimum absolute atomic E-state index is 0.0110. The monoisotopic (exact) mass is 940 g/mol. The molecule has 388 valence electrons. The molecule has 0 heterocycles. The molecule has 0 aromatic carbocycles. The van der Waals surface area contributed by atoms with Crippen LogP contribution in [-0.4, -0.2) is 131 Å². The Bertz CT molecular complexity index is 1130. The van der Waals surface area contributed by atoms with Crippen LogP contribution in [0.1, 0.15) is 182 Å². The summed E-state index contributed by atoms with van der Waals surface area (Å²) in [5.41, 5.74) is 0. The Balaban J connectivity index is -0.000000101. The molecule has 0 aromatic heterocycles. The lowest BCUT2D eigenvalue weighted by molar-refractivity contribution is -0.140. The van der Waals surface area contributed by atoms with Gasteiger partial charge in [0.05, 0.1) is 19.3 Å². The average Bonchev–Trinajstić information content (AvgIpc) is 3.22. The molecule has 0 saturated heterocycles. The minimum atomic E-state index is -0.390. The third-order valence-corrected chi connectivity index (χ3v) is 6.30. The number of carbonyl (C=O) groups is 9. The van der Waals surface area contributed by atoms with Crippen LogP contribution >= 0.6 is 0 Å². The normalized spacial score (nSPS) is 9.49. The van der Waals surface area contributed by atoms with E-state index < -0.39 is 0 Å². The maximum absolute atomic E-state index is 11.3. The Morgan fingerprint density at radius 2 is 0.908 bits per heavy atom. The molecule has 0 saturated carbocycles. The second-order valence-electron chi connectivity index (χ2n) is 13.8. The van der Waals surface area contributed by atoms with E-state index in [2.05, 4.69) is 48.4 Å². The van der Waals surface area contributed by atoms with Crippen molar-refractivity contribution in [3.8, 4) is 0 Å². The standard InChI is InChI=1S/C13H24N2O3.C7H13NO3.C7H14O2.C6H12O2.C5H10O2.C4H8O2.2C3H8/c1-4-12(17)14-9-7-6-8-11(10(3)16)15-13(18)5-2;1-3-8-7(10)5-11-4-6(2)9;1-3-9-6-4-5-7(2)8;1-3-8-5-4-6(2)7;1-3-7-4-5(2)6;1-3-6-4(2)5;2*1-3-2/h11H,4-9H2,1-3H3,(H,14,17)(H,15,18);3-5H2,1-2H3,(H,8,10);3-6H2,1-2H3;3-5H2,1-2H3;3-4H2,1-2H3;3H2,1-2H3;2*3H2,1-2H3. The van der Waals surface area contributed by atoms with Gasteiger partial charge in [-0.05, 0) is 94.9 Å². The molecule has 0 fully saturated rings. The summed E-state index contributed by atoms with van der Waals surface area (Å²) in [4.78, 5) is 95.0. The third-order valence-electron chi connectivity index (χ3n) is 6.30. The molecule has 0 aliphatic heterocycles. The van der Waals surface area contributed by atoms with Crippen molar-refractivity contribution in [2.45, 2.75) is 188 Å². The average molecular weight is 940 g/mol. The highest BCUT2D eigenvalue weighted by atomic mass is 16.5. The van der Waals surface area contributed by atoms with Gasteiger partial charge < -0.3 is 44.4 Å². The van der Waals surface area contributed by atoms with E-state index in [0.717, 1.165) is 32.5 Å². The fourth-order valence-corrected chi connectivity index (χ4v) is 3.41. The number of amides is 3. The van der Waals surface area contributed by atoms with Gasteiger partial charge >= 0.3 is 5.97 Å². The number of esters is 1. The lowest BCUT2D eigenvalue weighted by Gasteiger charge is -2.15. The fourth-order valence-electron chi connectivity index (χ4n) is 3.41. The molecule has 0 aliphatic carbocycles. The lowest BCUT2D eigenvalue weighted by Crippen LogP contribution is -2.39. The predicted octanol–water partition coefficient (Wildman–Crippen LogP) is 7.30. The topological polar surface area (TPSA) is 236 Å². The van der Waals surface area contributed by atoms with E-state index >= 15 is 0 Å². The van der Waals surface area contributed by atoms with E-state index in [1.54, 1.807) is 34.6 Å². The summed E-state index contributed by atoms with van der Waals surface area (Å²) in [5, 5.41) is 8.02. The van der Waals surface area contributed by atoms with Crippen LogP contribution < -0.4 is 16.0 Å². The van der Waals surface area contributed by atoms with Crippen LogP contribution in [0, 0.1) is 0 Å². The van der Waals surface area contributed by atoms with E-state index in [1.807, 2.05) is 27.7 Å². The first-order valence-electron chi connectivity index (χ1n) is 23.3. The van der Waals surface area contributed by atoms with Crippen LogP contribution in [0.15, 0.2) is 0 Å². The molecule has 0 radical (unpaired) electrons. The first-order chi connectivity index (χ1) is 30.6. The molecule has 0 spiro atoms. The van der Waals surface area contributed by atoms with Gasteiger partial charge in [-0.25, -0.2) is 0 Å². The maximum atomic E-state index is 11.3. The minimum Gasteiger partial charge on any atom is -0.466 e. The zero-order valence-corrected chi connectivity index (χ0v) is 44.1. The second kappa shape index (κ2) is 69.1. The van der Waals surface area contributed by atoms with Crippen molar-refractivity contribution in [3.05, 3.63) is 0 Å². The molecule has 3 N–H and O–H groups in total. The zero-order valence-electron chi connectivity index (χ0n) is 44.1. The Morgan fingerprint density at radius 3 is 1.25 bits per heavy atom. The Morgan fingerprint density at radius 1 is 0.446 bits per heavy atom. The summed E-state index contributed by atoms with van der Waals surface area (Å²) in [6.07, 6.45) is 7.69.